The van der Waals surface area contributed by atoms with Crippen molar-refractivity contribution in [1.29, 1.82) is 0 Å². The van der Waals surface area contributed by atoms with Gasteiger partial charge in [-0.15, -0.1) is 0 Å². The third-order valence-electron chi connectivity index (χ3n) is 3.50. The molecule has 25 heavy (non-hydrogen) atoms. The molecule has 0 saturated heterocycles. The van der Waals surface area contributed by atoms with Crippen LogP contribution in [-0.4, -0.2) is 33.0 Å². The van der Waals surface area contributed by atoms with Crippen LogP contribution in [0.25, 0.3) is 0 Å². The Kier molecular flexibility index (Phi) is 5.93. The van der Waals surface area contributed by atoms with E-state index in [0.717, 1.165) is 11.8 Å². The first-order valence-corrected chi connectivity index (χ1v) is 9.66. The smallest absolute Gasteiger partial charge is 0.251 e. The predicted molar refractivity (Wildman–Crippen MR) is 95.2 cm³/mol. The summed E-state index contributed by atoms with van der Waals surface area (Å²) in [6.45, 7) is 2.61. The summed E-state index contributed by atoms with van der Waals surface area (Å²) in [6.07, 6.45) is 1.09. The van der Waals surface area contributed by atoms with Gasteiger partial charge in [-0.2, -0.15) is 0 Å². The summed E-state index contributed by atoms with van der Waals surface area (Å²) in [4.78, 5) is 24.2. The number of sulfone groups is 1. The molecule has 0 radical (unpaired) electrons. The van der Waals surface area contributed by atoms with Crippen LogP contribution in [0.5, 0.6) is 0 Å². The van der Waals surface area contributed by atoms with Crippen LogP contribution in [0.15, 0.2) is 53.4 Å². The molecular weight excluding hydrogens is 340 g/mol. The van der Waals surface area contributed by atoms with E-state index in [1.807, 2.05) is 6.92 Å². The van der Waals surface area contributed by atoms with Gasteiger partial charge in [0.05, 0.1) is 4.90 Å². The van der Waals surface area contributed by atoms with Crippen LogP contribution in [-0.2, 0) is 16.4 Å². The van der Waals surface area contributed by atoms with Gasteiger partial charge in [0, 0.05) is 30.5 Å². The quantitative estimate of drug-likeness (QED) is 0.821. The number of nitrogens with one attached hydrogen (secondary N) is 2. The molecule has 0 aliphatic carbocycles. The normalized spacial score (nSPS) is 11.0. The Labute approximate surface area is 147 Å². The van der Waals surface area contributed by atoms with Crippen LogP contribution in [0.3, 0.4) is 0 Å². The molecule has 2 amide bonds. The molecule has 2 aromatic rings. The van der Waals surface area contributed by atoms with E-state index in [-0.39, 0.29) is 28.8 Å². The highest BCUT2D eigenvalue weighted by Gasteiger charge is 2.12. The number of rotatable bonds is 6. The minimum Gasteiger partial charge on any atom is -0.352 e. The lowest BCUT2D eigenvalue weighted by Gasteiger charge is -2.08. The van der Waals surface area contributed by atoms with Crippen molar-refractivity contribution in [2.75, 3.05) is 12.8 Å². The van der Waals surface area contributed by atoms with E-state index in [0.29, 0.717) is 12.1 Å². The zero-order valence-electron chi connectivity index (χ0n) is 14.1. The third-order valence-corrected chi connectivity index (χ3v) is 4.61. The fourth-order valence-electron chi connectivity index (χ4n) is 2.24. The molecule has 132 valence electrons. The van der Waals surface area contributed by atoms with Gasteiger partial charge in [-0.3, -0.25) is 9.59 Å². The second kappa shape index (κ2) is 7.94. The van der Waals surface area contributed by atoms with Crippen molar-refractivity contribution in [1.82, 2.24) is 10.6 Å². The number of benzene rings is 2. The summed E-state index contributed by atoms with van der Waals surface area (Å²) in [5.41, 5.74) is 1.56. The molecule has 0 unspecified atom stereocenters. The highest BCUT2D eigenvalue weighted by Crippen LogP contribution is 2.12. The maximum absolute atomic E-state index is 12.2. The Bertz CT molecular complexity index is 891. The van der Waals surface area contributed by atoms with Crippen LogP contribution in [0.1, 0.15) is 33.2 Å². The van der Waals surface area contributed by atoms with Crippen molar-refractivity contribution >= 4 is 21.7 Å². The highest BCUT2D eigenvalue weighted by molar-refractivity contribution is 7.90. The first kappa shape index (κ1) is 18.7. The topological polar surface area (TPSA) is 92.3 Å². The Morgan fingerprint density at radius 1 is 0.920 bits per heavy atom. The number of hydrogen-bond donors (Lipinski definition) is 2. The molecule has 0 bridgehead atoms. The van der Waals surface area contributed by atoms with Gasteiger partial charge in [0.1, 0.15) is 0 Å². The lowest BCUT2D eigenvalue weighted by atomic mass is 10.1. The van der Waals surface area contributed by atoms with Crippen LogP contribution in [0.4, 0.5) is 0 Å². The van der Waals surface area contributed by atoms with Crippen molar-refractivity contribution in [3.8, 4) is 0 Å². The van der Waals surface area contributed by atoms with E-state index in [2.05, 4.69) is 10.6 Å². The van der Waals surface area contributed by atoms with Crippen molar-refractivity contribution < 1.29 is 18.0 Å². The fraction of sp³-hybridized carbons (Fsp3) is 0.222. The SMILES string of the molecule is CCNC(=O)c1cccc(CNC(=O)c2cccc(S(C)(=O)=O)c2)c1. The van der Waals surface area contributed by atoms with Crippen molar-refractivity contribution in [3.63, 3.8) is 0 Å². The van der Waals surface area contributed by atoms with Crippen LogP contribution < -0.4 is 10.6 Å². The van der Waals surface area contributed by atoms with E-state index in [4.69, 9.17) is 0 Å². The van der Waals surface area contributed by atoms with Crippen molar-refractivity contribution in [2.45, 2.75) is 18.4 Å². The van der Waals surface area contributed by atoms with Crippen molar-refractivity contribution in [3.05, 3.63) is 65.2 Å². The number of amides is 2. The Balaban J connectivity index is 2.08. The predicted octanol–water partition coefficient (Wildman–Crippen LogP) is 1.77. The molecule has 6 nitrogen and oxygen atoms in total. The second-order valence-corrected chi connectivity index (χ2v) is 7.56. The molecule has 2 aromatic carbocycles. The van der Waals surface area contributed by atoms with Crippen LogP contribution in [0.2, 0.25) is 0 Å². The largest absolute Gasteiger partial charge is 0.352 e. The monoisotopic (exact) mass is 360 g/mol. The van der Waals surface area contributed by atoms with E-state index in [1.165, 1.54) is 18.2 Å². The molecule has 0 aromatic heterocycles. The van der Waals surface area contributed by atoms with Gasteiger partial charge in [0.2, 0.25) is 0 Å². The molecule has 0 atom stereocenters. The minimum atomic E-state index is -3.37. The average Bonchev–Trinajstić information content (AvgIpc) is 2.59. The van der Waals surface area contributed by atoms with E-state index >= 15 is 0 Å². The van der Waals surface area contributed by atoms with Crippen LogP contribution >= 0.6 is 0 Å². The Morgan fingerprint density at radius 3 is 2.16 bits per heavy atom. The lowest BCUT2D eigenvalue weighted by molar-refractivity contribution is 0.0947. The molecule has 0 aliphatic rings. The maximum atomic E-state index is 12.2. The number of carbonyl (C=O) groups excluding carboxylic acids is 2. The van der Waals surface area contributed by atoms with Crippen molar-refractivity contribution in [2.24, 2.45) is 0 Å². The Hall–Kier alpha value is -2.67. The molecular formula is C18H20N2O4S. The van der Waals surface area contributed by atoms with Gasteiger partial charge in [-0.25, -0.2) is 8.42 Å². The summed E-state index contributed by atoms with van der Waals surface area (Å²) in [5, 5.41) is 5.44. The lowest BCUT2D eigenvalue weighted by Crippen LogP contribution is -2.24. The van der Waals surface area contributed by atoms with Gasteiger partial charge in [0.25, 0.3) is 11.8 Å². The first-order valence-electron chi connectivity index (χ1n) is 7.76. The standard InChI is InChI=1S/C18H20N2O4S/c1-3-19-17(21)14-7-4-6-13(10-14)12-20-18(22)15-8-5-9-16(11-15)25(2,23)24/h4-11H,3,12H2,1-2H3,(H,19,21)(H,20,22). The summed E-state index contributed by atoms with van der Waals surface area (Å²) in [5.74, 6) is -0.551. The maximum Gasteiger partial charge on any atom is 0.251 e. The second-order valence-electron chi connectivity index (χ2n) is 5.54. The number of hydrogen-bond acceptors (Lipinski definition) is 4. The fourth-order valence-corrected chi connectivity index (χ4v) is 2.90. The molecule has 0 fully saturated rings. The van der Waals surface area contributed by atoms with Crippen LogP contribution in [0, 0.1) is 0 Å². The highest BCUT2D eigenvalue weighted by atomic mass is 32.2. The van der Waals surface area contributed by atoms with E-state index in [9.17, 15) is 18.0 Å². The zero-order chi connectivity index (χ0) is 18.4. The average molecular weight is 360 g/mol. The molecule has 2 N–H and O–H groups in total. The number of carbonyl (C=O) groups is 2. The van der Waals surface area contributed by atoms with E-state index in [1.54, 1.807) is 30.3 Å². The molecule has 0 spiro atoms. The summed E-state index contributed by atoms with van der Waals surface area (Å²) in [7, 11) is -3.37. The van der Waals surface area contributed by atoms with Gasteiger partial charge in [0.15, 0.2) is 9.84 Å². The molecule has 7 heteroatoms. The zero-order valence-corrected chi connectivity index (χ0v) is 14.9. The molecule has 0 aliphatic heterocycles. The summed E-state index contributed by atoms with van der Waals surface area (Å²) in [6, 6.07) is 12.8. The molecule has 0 saturated carbocycles. The summed E-state index contributed by atoms with van der Waals surface area (Å²) < 4.78 is 23.1. The van der Waals surface area contributed by atoms with Gasteiger partial charge < -0.3 is 10.6 Å². The summed E-state index contributed by atoms with van der Waals surface area (Å²) >= 11 is 0. The Morgan fingerprint density at radius 2 is 1.52 bits per heavy atom. The van der Waals surface area contributed by atoms with Gasteiger partial charge >= 0.3 is 0 Å². The minimum absolute atomic E-state index is 0.0957. The van der Waals surface area contributed by atoms with Gasteiger partial charge in [-0.05, 0) is 42.8 Å². The third kappa shape index (κ3) is 5.15. The van der Waals surface area contributed by atoms with Gasteiger partial charge in [-0.1, -0.05) is 18.2 Å². The first-order chi connectivity index (χ1) is 11.8. The van der Waals surface area contributed by atoms with E-state index < -0.39 is 9.84 Å². The molecule has 0 heterocycles. The molecule has 2 rings (SSSR count).